The fourth-order valence-electron chi connectivity index (χ4n) is 2.32. The molecule has 1 saturated heterocycles. The van der Waals surface area contributed by atoms with E-state index in [1.165, 1.54) is 32.5 Å². The fraction of sp³-hybridized carbons (Fsp3) is 1.00. The van der Waals surface area contributed by atoms with Gasteiger partial charge < -0.3 is 10.2 Å². The first-order chi connectivity index (χ1) is 6.59. The van der Waals surface area contributed by atoms with E-state index in [1.807, 2.05) is 0 Å². The van der Waals surface area contributed by atoms with Gasteiger partial charge in [-0.05, 0) is 51.7 Å². The minimum Gasteiger partial charge on any atom is -0.316 e. The SMILES string of the molecule is CC(C)CC(C)N(C)CC1CCNC1. The van der Waals surface area contributed by atoms with E-state index in [2.05, 4.69) is 38.0 Å². The molecule has 0 radical (unpaired) electrons. The van der Waals surface area contributed by atoms with Crippen molar-refractivity contribution in [1.82, 2.24) is 10.2 Å². The number of hydrogen-bond acceptors (Lipinski definition) is 2. The molecule has 0 aromatic rings. The van der Waals surface area contributed by atoms with Gasteiger partial charge in [0.05, 0.1) is 0 Å². The lowest BCUT2D eigenvalue weighted by Crippen LogP contribution is -2.35. The number of hydrogen-bond donors (Lipinski definition) is 1. The third-order valence-corrected chi connectivity index (χ3v) is 3.27. The first kappa shape index (κ1) is 12.0. The van der Waals surface area contributed by atoms with E-state index >= 15 is 0 Å². The molecule has 2 atom stereocenters. The molecule has 0 spiro atoms. The van der Waals surface area contributed by atoms with Crippen LogP contribution in [0.5, 0.6) is 0 Å². The molecule has 84 valence electrons. The molecule has 0 aliphatic carbocycles. The van der Waals surface area contributed by atoms with Crippen LogP contribution in [0.25, 0.3) is 0 Å². The topological polar surface area (TPSA) is 15.3 Å². The van der Waals surface area contributed by atoms with Crippen molar-refractivity contribution >= 4 is 0 Å². The molecule has 0 bridgehead atoms. The zero-order valence-electron chi connectivity index (χ0n) is 10.2. The first-order valence-corrected chi connectivity index (χ1v) is 6.00. The summed E-state index contributed by atoms with van der Waals surface area (Å²) in [7, 11) is 2.27. The Hall–Kier alpha value is -0.0800. The second-order valence-corrected chi connectivity index (χ2v) is 5.28. The maximum atomic E-state index is 3.43. The zero-order chi connectivity index (χ0) is 10.6. The van der Waals surface area contributed by atoms with E-state index in [1.54, 1.807) is 0 Å². The van der Waals surface area contributed by atoms with Gasteiger partial charge in [-0.1, -0.05) is 13.8 Å². The van der Waals surface area contributed by atoms with Crippen LogP contribution < -0.4 is 5.32 Å². The molecule has 0 saturated carbocycles. The van der Waals surface area contributed by atoms with Gasteiger partial charge in [0.1, 0.15) is 0 Å². The summed E-state index contributed by atoms with van der Waals surface area (Å²) in [6.45, 7) is 10.7. The summed E-state index contributed by atoms with van der Waals surface area (Å²) in [4.78, 5) is 2.53. The van der Waals surface area contributed by atoms with E-state index in [-0.39, 0.29) is 0 Å². The van der Waals surface area contributed by atoms with Crippen LogP contribution >= 0.6 is 0 Å². The summed E-state index contributed by atoms with van der Waals surface area (Å²) in [5.74, 6) is 1.70. The molecule has 1 rings (SSSR count). The van der Waals surface area contributed by atoms with E-state index in [9.17, 15) is 0 Å². The predicted octanol–water partition coefficient (Wildman–Crippen LogP) is 1.96. The summed E-state index contributed by atoms with van der Waals surface area (Å²) in [5.41, 5.74) is 0. The van der Waals surface area contributed by atoms with Crippen LogP contribution in [0.1, 0.15) is 33.6 Å². The van der Waals surface area contributed by atoms with Crippen LogP contribution in [-0.4, -0.2) is 37.6 Å². The Labute approximate surface area is 89.1 Å². The molecule has 14 heavy (non-hydrogen) atoms. The van der Waals surface area contributed by atoms with Crippen LogP contribution in [0.4, 0.5) is 0 Å². The van der Waals surface area contributed by atoms with Gasteiger partial charge in [0, 0.05) is 12.6 Å². The van der Waals surface area contributed by atoms with Crippen molar-refractivity contribution in [2.75, 3.05) is 26.7 Å². The summed E-state index contributed by atoms with van der Waals surface area (Å²) >= 11 is 0. The third-order valence-electron chi connectivity index (χ3n) is 3.27. The summed E-state index contributed by atoms with van der Waals surface area (Å²) < 4.78 is 0. The lowest BCUT2D eigenvalue weighted by molar-refractivity contribution is 0.201. The Morgan fingerprint density at radius 2 is 2.07 bits per heavy atom. The molecular weight excluding hydrogens is 172 g/mol. The third kappa shape index (κ3) is 3.97. The van der Waals surface area contributed by atoms with Crippen LogP contribution in [-0.2, 0) is 0 Å². The van der Waals surface area contributed by atoms with Crippen molar-refractivity contribution in [3.05, 3.63) is 0 Å². The average molecular weight is 198 g/mol. The van der Waals surface area contributed by atoms with Crippen LogP contribution in [0.2, 0.25) is 0 Å². The highest BCUT2D eigenvalue weighted by Gasteiger charge is 2.19. The predicted molar refractivity (Wildman–Crippen MR) is 62.5 cm³/mol. The Bertz CT molecular complexity index is 150. The van der Waals surface area contributed by atoms with Gasteiger partial charge in [-0.3, -0.25) is 0 Å². The molecule has 2 nitrogen and oxygen atoms in total. The van der Waals surface area contributed by atoms with Gasteiger partial charge in [-0.25, -0.2) is 0 Å². The van der Waals surface area contributed by atoms with Crippen molar-refractivity contribution in [2.24, 2.45) is 11.8 Å². The molecular formula is C12H26N2. The first-order valence-electron chi connectivity index (χ1n) is 6.00. The van der Waals surface area contributed by atoms with E-state index < -0.39 is 0 Å². The minimum atomic E-state index is 0.732. The monoisotopic (exact) mass is 198 g/mol. The smallest absolute Gasteiger partial charge is 0.00664 e. The number of rotatable bonds is 5. The maximum absolute atomic E-state index is 3.43. The Kier molecular flexibility index (Phi) is 4.90. The second kappa shape index (κ2) is 5.72. The highest BCUT2D eigenvalue weighted by Crippen LogP contribution is 2.14. The number of nitrogens with zero attached hydrogens (tertiary/aromatic N) is 1. The van der Waals surface area contributed by atoms with Crippen LogP contribution in [0.15, 0.2) is 0 Å². The van der Waals surface area contributed by atoms with Crippen LogP contribution in [0.3, 0.4) is 0 Å². The minimum absolute atomic E-state index is 0.732. The molecule has 1 heterocycles. The molecule has 0 aromatic heterocycles. The highest BCUT2D eigenvalue weighted by molar-refractivity contribution is 4.76. The van der Waals surface area contributed by atoms with Crippen molar-refractivity contribution in [3.8, 4) is 0 Å². The van der Waals surface area contributed by atoms with Gasteiger partial charge in [0.15, 0.2) is 0 Å². The van der Waals surface area contributed by atoms with E-state index in [0.29, 0.717) is 0 Å². The summed E-state index contributed by atoms with van der Waals surface area (Å²) in [5, 5.41) is 3.43. The molecule has 0 aromatic carbocycles. The largest absolute Gasteiger partial charge is 0.316 e. The van der Waals surface area contributed by atoms with Crippen molar-refractivity contribution < 1.29 is 0 Å². The molecule has 2 unspecified atom stereocenters. The van der Waals surface area contributed by atoms with E-state index in [0.717, 1.165) is 17.9 Å². The van der Waals surface area contributed by atoms with Crippen molar-refractivity contribution in [1.29, 1.82) is 0 Å². The van der Waals surface area contributed by atoms with Gasteiger partial charge in [-0.15, -0.1) is 0 Å². The van der Waals surface area contributed by atoms with Gasteiger partial charge >= 0.3 is 0 Å². The highest BCUT2D eigenvalue weighted by atomic mass is 15.1. The van der Waals surface area contributed by atoms with Gasteiger partial charge in [0.25, 0.3) is 0 Å². The summed E-state index contributed by atoms with van der Waals surface area (Å²) in [6.07, 6.45) is 2.68. The quantitative estimate of drug-likeness (QED) is 0.726. The normalized spacial score (nSPS) is 24.9. The summed E-state index contributed by atoms with van der Waals surface area (Å²) in [6, 6.07) is 0.732. The zero-order valence-corrected chi connectivity index (χ0v) is 10.2. The molecule has 1 fully saturated rings. The Balaban J connectivity index is 2.21. The van der Waals surface area contributed by atoms with Gasteiger partial charge in [-0.2, -0.15) is 0 Å². The maximum Gasteiger partial charge on any atom is 0.00664 e. The number of nitrogens with one attached hydrogen (secondary N) is 1. The average Bonchev–Trinajstić information content (AvgIpc) is 2.55. The second-order valence-electron chi connectivity index (χ2n) is 5.28. The van der Waals surface area contributed by atoms with Crippen LogP contribution in [0, 0.1) is 11.8 Å². The Morgan fingerprint density at radius 3 is 2.57 bits per heavy atom. The Morgan fingerprint density at radius 1 is 1.36 bits per heavy atom. The molecule has 0 amide bonds. The van der Waals surface area contributed by atoms with Gasteiger partial charge in [0.2, 0.25) is 0 Å². The molecule has 2 heteroatoms. The lowest BCUT2D eigenvalue weighted by atomic mass is 10.0. The molecule has 1 aliphatic heterocycles. The standard InChI is InChI=1S/C12H26N2/c1-10(2)7-11(3)14(4)9-12-5-6-13-8-12/h10-13H,5-9H2,1-4H3. The lowest BCUT2D eigenvalue weighted by Gasteiger charge is -2.28. The van der Waals surface area contributed by atoms with Crippen molar-refractivity contribution in [2.45, 2.75) is 39.7 Å². The molecule has 1 N–H and O–H groups in total. The fourth-order valence-corrected chi connectivity index (χ4v) is 2.32. The molecule has 1 aliphatic rings. The van der Waals surface area contributed by atoms with Crippen molar-refractivity contribution in [3.63, 3.8) is 0 Å². The van der Waals surface area contributed by atoms with E-state index in [4.69, 9.17) is 0 Å².